The molecule has 110 valence electrons. The second kappa shape index (κ2) is 6.09. The molecule has 7 heteroatoms. The Labute approximate surface area is 122 Å². The van der Waals surface area contributed by atoms with Crippen molar-refractivity contribution in [2.24, 2.45) is 0 Å². The first kappa shape index (κ1) is 13.8. The van der Waals surface area contributed by atoms with Crippen LogP contribution in [0, 0.1) is 5.82 Å². The van der Waals surface area contributed by atoms with Gasteiger partial charge in [-0.15, -0.1) is 0 Å². The first-order valence-corrected chi connectivity index (χ1v) is 6.91. The summed E-state index contributed by atoms with van der Waals surface area (Å²) in [5.41, 5.74) is 0. The van der Waals surface area contributed by atoms with Crippen LogP contribution in [0.25, 0.3) is 0 Å². The maximum Gasteiger partial charge on any atom is 0.225 e. The molecule has 21 heavy (non-hydrogen) atoms. The molecule has 1 aliphatic heterocycles. The van der Waals surface area contributed by atoms with Crippen molar-refractivity contribution in [3.63, 3.8) is 0 Å². The number of anilines is 1. The lowest BCUT2D eigenvalue weighted by molar-refractivity contribution is 0.244. The number of halogens is 1. The van der Waals surface area contributed by atoms with E-state index < -0.39 is 5.82 Å². The van der Waals surface area contributed by atoms with Gasteiger partial charge in [-0.3, -0.25) is 4.90 Å². The Bertz CT molecular complexity index is 576. The molecule has 0 spiro atoms. The maximum atomic E-state index is 12.9. The zero-order valence-electron chi connectivity index (χ0n) is 11.9. The van der Waals surface area contributed by atoms with Gasteiger partial charge in [-0.2, -0.15) is 0 Å². The Hall–Kier alpha value is -2.15. The van der Waals surface area contributed by atoms with Crippen molar-refractivity contribution in [3.8, 4) is 0 Å². The van der Waals surface area contributed by atoms with E-state index in [1.54, 1.807) is 12.4 Å². The molecule has 6 nitrogen and oxygen atoms in total. The molecule has 1 fully saturated rings. The first-order chi connectivity index (χ1) is 10.2. The van der Waals surface area contributed by atoms with Crippen LogP contribution in [0.15, 0.2) is 30.9 Å². The summed E-state index contributed by atoms with van der Waals surface area (Å²) in [5.74, 6) is 0.993. The second-order valence-corrected chi connectivity index (χ2v) is 5.17. The summed E-state index contributed by atoms with van der Waals surface area (Å²) >= 11 is 0. The van der Waals surface area contributed by atoms with E-state index in [-0.39, 0.29) is 0 Å². The summed E-state index contributed by atoms with van der Waals surface area (Å²) in [6.45, 7) is 2.41. The molecule has 0 aliphatic carbocycles. The van der Waals surface area contributed by atoms with Gasteiger partial charge in [-0.1, -0.05) is 0 Å². The molecule has 0 amide bonds. The van der Waals surface area contributed by atoms with Crippen LogP contribution in [0.3, 0.4) is 0 Å². The van der Waals surface area contributed by atoms with Crippen molar-refractivity contribution in [3.05, 3.63) is 42.5 Å². The van der Waals surface area contributed by atoms with Crippen LogP contribution in [-0.2, 0) is 6.54 Å². The third kappa shape index (κ3) is 3.30. The Morgan fingerprint density at radius 2 is 1.95 bits per heavy atom. The van der Waals surface area contributed by atoms with Gasteiger partial charge < -0.3 is 4.90 Å². The van der Waals surface area contributed by atoms with Gasteiger partial charge in [0, 0.05) is 31.5 Å². The first-order valence-electron chi connectivity index (χ1n) is 6.91. The predicted molar refractivity (Wildman–Crippen MR) is 76.1 cm³/mol. The number of hydrogen-bond donors (Lipinski definition) is 0. The normalized spacial score (nSPS) is 18.4. The van der Waals surface area contributed by atoms with E-state index in [1.807, 2.05) is 6.07 Å². The SMILES string of the molecule is CN(Cc1ncccn1)[C@@H]1CCN(c2ncc(F)cn2)C1. The molecule has 0 unspecified atom stereocenters. The Kier molecular flexibility index (Phi) is 4.01. The van der Waals surface area contributed by atoms with Crippen molar-refractivity contribution in [1.82, 2.24) is 24.8 Å². The molecule has 0 bridgehead atoms. The largest absolute Gasteiger partial charge is 0.339 e. The molecule has 1 atom stereocenters. The minimum atomic E-state index is -0.409. The summed E-state index contributed by atoms with van der Waals surface area (Å²) < 4.78 is 12.9. The minimum absolute atomic E-state index is 0.391. The fourth-order valence-corrected chi connectivity index (χ4v) is 2.52. The fraction of sp³-hybridized carbons (Fsp3) is 0.429. The molecule has 0 N–H and O–H groups in total. The van der Waals surface area contributed by atoms with E-state index in [4.69, 9.17) is 0 Å². The second-order valence-electron chi connectivity index (χ2n) is 5.17. The summed E-state index contributed by atoms with van der Waals surface area (Å²) in [6.07, 6.45) is 6.94. The Balaban J connectivity index is 1.60. The Morgan fingerprint density at radius 3 is 2.67 bits per heavy atom. The highest BCUT2D eigenvalue weighted by molar-refractivity contribution is 5.31. The molecule has 1 aliphatic rings. The number of rotatable bonds is 4. The van der Waals surface area contributed by atoms with Crippen LogP contribution < -0.4 is 4.90 Å². The van der Waals surface area contributed by atoms with E-state index in [2.05, 4.69) is 36.8 Å². The molecule has 0 saturated carbocycles. The monoisotopic (exact) mass is 288 g/mol. The third-order valence-corrected chi connectivity index (χ3v) is 3.69. The van der Waals surface area contributed by atoms with Crippen LogP contribution in [0.1, 0.15) is 12.2 Å². The van der Waals surface area contributed by atoms with Crippen molar-refractivity contribution < 1.29 is 4.39 Å². The van der Waals surface area contributed by atoms with E-state index in [0.717, 1.165) is 25.3 Å². The number of hydrogen-bond acceptors (Lipinski definition) is 6. The molecular weight excluding hydrogens is 271 g/mol. The molecule has 2 aromatic rings. The predicted octanol–water partition coefficient (Wildman–Crippen LogP) is 1.12. The van der Waals surface area contributed by atoms with Crippen molar-refractivity contribution in [2.45, 2.75) is 19.0 Å². The Morgan fingerprint density at radius 1 is 1.24 bits per heavy atom. The lowest BCUT2D eigenvalue weighted by Gasteiger charge is -2.23. The molecule has 0 aromatic carbocycles. The minimum Gasteiger partial charge on any atom is -0.339 e. The third-order valence-electron chi connectivity index (χ3n) is 3.69. The van der Waals surface area contributed by atoms with Gasteiger partial charge in [0.15, 0.2) is 5.82 Å². The van der Waals surface area contributed by atoms with Gasteiger partial charge in [0.2, 0.25) is 5.95 Å². The quantitative estimate of drug-likeness (QED) is 0.840. The molecule has 3 rings (SSSR count). The summed E-state index contributed by atoms with van der Waals surface area (Å²) in [5, 5.41) is 0. The van der Waals surface area contributed by atoms with Gasteiger partial charge in [-0.05, 0) is 19.5 Å². The average Bonchev–Trinajstić information content (AvgIpc) is 2.99. The van der Waals surface area contributed by atoms with E-state index in [9.17, 15) is 4.39 Å². The molecule has 2 aromatic heterocycles. The highest BCUT2D eigenvalue weighted by Crippen LogP contribution is 2.19. The summed E-state index contributed by atoms with van der Waals surface area (Å²) in [7, 11) is 2.07. The van der Waals surface area contributed by atoms with Gasteiger partial charge in [0.05, 0.1) is 18.9 Å². The highest BCUT2D eigenvalue weighted by atomic mass is 19.1. The molecular formula is C14H17FN6. The van der Waals surface area contributed by atoms with Crippen LogP contribution >= 0.6 is 0 Å². The lowest BCUT2D eigenvalue weighted by atomic mass is 10.2. The molecule has 1 saturated heterocycles. The lowest BCUT2D eigenvalue weighted by Crippen LogP contribution is -2.35. The highest BCUT2D eigenvalue weighted by Gasteiger charge is 2.27. The van der Waals surface area contributed by atoms with Gasteiger partial charge >= 0.3 is 0 Å². The van der Waals surface area contributed by atoms with Gasteiger partial charge in [0.25, 0.3) is 0 Å². The van der Waals surface area contributed by atoms with Crippen LogP contribution in [0.5, 0.6) is 0 Å². The number of aromatic nitrogens is 4. The topological polar surface area (TPSA) is 58.0 Å². The van der Waals surface area contributed by atoms with Crippen molar-refractivity contribution >= 4 is 5.95 Å². The summed E-state index contributed by atoms with van der Waals surface area (Å²) in [4.78, 5) is 20.9. The molecule has 3 heterocycles. The molecule has 0 radical (unpaired) electrons. The van der Waals surface area contributed by atoms with Crippen LogP contribution in [0.2, 0.25) is 0 Å². The smallest absolute Gasteiger partial charge is 0.225 e. The fourth-order valence-electron chi connectivity index (χ4n) is 2.52. The van der Waals surface area contributed by atoms with E-state index in [1.165, 1.54) is 12.4 Å². The van der Waals surface area contributed by atoms with Crippen LogP contribution in [-0.4, -0.2) is 51.0 Å². The van der Waals surface area contributed by atoms with Gasteiger partial charge in [-0.25, -0.2) is 24.3 Å². The maximum absolute atomic E-state index is 12.9. The standard InChI is InChI=1S/C14H17FN6/c1-20(10-13-16-4-2-5-17-13)12-3-6-21(9-12)14-18-7-11(15)8-19-14/h2,4-5,7-8,12H,3,6,9-10H2,1H3/t12-/m1/s1. The van der Waals surface area contributed by atoms with Gasteiger partial charge in [0.1, 0.15) is 5.82 Å². The van der Waals surface area contributed by atoms with Crippen LogP contribution in [0.4, 0.5) is 10.3 Å². The number of likely N-dealkylation sites (N-methyl/N-ethyl adjacent to an activating group) is 1. The van der Waals surface area contributed by atoms with E-state index in [0.29, 0.717) is 18.5 Å². The average molecular weight is 288 g/mol. The van der Waals surface area contributed by atoms with Crippen molar-refractivity contribution in [1.29, 1.82) is 0 Å². The van der Waals surface area contributed by atoms with E-state index >= 15 is 0 Å². The summed E-state index contributed by atoms with van der Waals surface area (Å²) in [6, 6.07) is 2.20. The number of nitrogens with zero attached hydrogens (tertiary/aromatic N) is 6. The zero-order valence-corrected chi connectivity index (χ0v) is 11.9. The zero-order chi connectivity index (χ0) is 14.7. The van der Waals surface area contributed by atoms with Crippen molar-refractivity contribution in [2.75, 3.05) is 25.0 Å².